The van der Waals surface area contributed by atoms with Crippen LogP contribution >= 0.6 is 15.9 Å². The third-order valence-electron chi connectivity index (χ3n) is 4.17. The summed E-state index contributed by atoms with van der Waals surface area (Å²) in [5.41, 5.74) is 0.582. The second-order valence-corrected chi connectivity index (χ2v) is 8.11. The summed E-state index contributed by atoms with van der Waals surface area (Å²) in [7, 11) is 0. The lowest BCUT2D eigenvalue weighted by Gasteiger charge is -2.31. The molecule has 5 heteroatoms. The van der Waals surface area contributed by atoms with E-state index in [0.29, 0.717) is 6.54 Å². The Morgan fingerprint density at radius 3 is 2.65 bits per heavy atom. The molecule has 4 nitrogen and oxygen atoms in total. The van der Waals surface area contributed by atoms with Crippen molar-refractivity contribution in [3.8, 4) is 0 Å². The number of nitrogens with zero attached hydrogens (tertiary/aromatic N) is 1. The van der Waals surface area contributed by atoms with E-state index in [1.54, 1.807) is 4.90 Å². The van der Waals surface area contributed by atoms with E-state index in [1.165, 1.54) is 0 Å². The van der Waals surface area contributed by atoms with Crippen LogP contribution in [-0.4, -0.2) is 29.3 Å². The molecule has 1 aromatic carbocycles. The lowest BCUT2D eigenvalue weighted by molar-refractivity contribution is -0.144. The van der Waals surface area contributed by atoms with Crippen LogP contribution in [0, 0.1) is 5.41 Å². The first-order chi connectivity index (χ1) is 10.7. The number of benzene rings is 1. The molecular formula is C18H25BrN2O2. The van der Waals surface area contributed by atoms with Crippen LogP contribution in [-0.2, 0) is 9.59 Å². The van der Waals surface area contributed by atoms with Gasteiger partial charge in [0.05, 0.1) is 6.04 Å². The van der Waals surface area contributed by atoms with Crippen LogP contribution in [0.5, 0.6) is 0 Å². The largest absolute Gasteiger partial charge is 0.348 e. The number of hydrogen-bond donors (Lipinski definition) is 1. The number of amides is 2. The summed E-state index contributed by atoms with van der Waals surface area (Å²) in [6.07, 6.45) is 1.62. The molecule has 1 fully saturated rings. The van der Waals surface area contributed by atoms with Gasteiger partial charge in [-0.3, -0.25) is 9.59 Å². The molecule has 0 aromatic heterocycles. The van der Waals surface area contributed by atoms with E-state index in [4.69, 9.17) is 0 Å². The number of likely N-dealkylation sites (tertiary alicyclic amines) is 1. The monoisotopic (exact) mass is 380 g/mol. The summed E-state index contributed by atoms with van der Waals surface area (Å²) < 4.78 is 0.988. The van der Waals surface area contributed by atoms with Crippen molar-refractivity contribution in [3.05, 3.63) is 34.3 Å². The lowest BCUT2D eigenvalue weighted by atomic mass is 9.94. The van der Waals surface area contributed by atoms with Crippen LogP contribution in [0.15, 0.2) is 28.7 Å². The maximum Gasteiger partial charge on any atom is 0.243 e. The highest BCUT2D eigenvalue weighted by atomic mass is 79.9. The highest BCUT2D eigenvalue weighted by Crippen LogP contribution is 2.26. The number of halogens is 1. The van der Waals surface area contributed by atoms with E-state index < -0.39 is 5.41 Å². The smallest absolute Gasteiger partial charge is 0.243 e. The minimum atomic E-state index is -0.460. The molecule has 23 heavy (non-hydrogen) atoms. The second-order valence-electron chi connectivity index (χ2n) is 7.19. The molecule has 1 saturated heterocycles. The van der Waals surface area contributed by atoms with Gasteiger partial charge in [0.15, 0.2) is 0 Å². The maximum atomic E-state index is 12.6. The molecule has 126 valence electrons. The van der Waals surface area contributed by atoms with Crippen molar-refractivity contribution in [1.82, 2.24) is 10.2 Å². The minimum Gasteiger partial charge on any atom is -0.348 e. The zero-order valence-corrected chi connectivity index (χ0v) is 15.8. The van der Waals surface area contributed by atoms with Crippen LogP contribution < -0.4 is 5.32 Å². The van der Waals surface area contributed by atoms with E-state index in [1.807, 2.05) is 52.0 Å². The van der Waals surface area contributed by atoms with E-state index in [9.17, 15) is 9.59 Å². The van der Waals surface area contributed by atoms with Crippen molar-refractivity contribution in [2.24, 2.45) is 5.41 Å². The Morgan fingerprint density at radius 1 is 1.35 bits per heavy atom. The fourth-order valence-electron chi connectivity index (χ4n) is 2.88. The summed E-state index contributed by atoms with van der Waals surface area (Å²) in [5.74, 6) is -0.0159. The zero-order valence-electron chi connectivity index (χ0n) is 14.2. The number of rotatable bonds is 3. The van der Waals surface area contributed by atoms with Crippen LogP contribution in [0.4, 0.5) is 0 Å². The molecule has 2 rings (SSSR count). The first-order valence-corrected chi connectivity index (χ1v) is 8.86. The summed E-state index contributed by atoms with van der Waals surface area (Å²) in [5, 5.41) is 3.05. The first-order valence-electron chi connectivity index (χ1n) is 8.07. The fraction of sp³-hybridized carbons (Fsp3) is 0.556. The van der Waals surface area contributed by atoms with Crippen molar-refractivity contribution in [3.63, 3.8) is 0 Å². The molecule has 0 bridgehead atoms. The Morgan fingerprint density at radius 2 is 2.04 bits per heavy atom. The minimum absolute atomic E-state index is 0.0465. The molecular weight excluding hydrogens is 356 g/mol. The Labute approximate surface area is 146 Å². The molecule has 1 aliphatic heterocycles. The predicted octanol–water partition coefficient (Wildman–Crippen LogP) is 3.66. The van der Waals surface area contributed by atoms with Gasteiger partial charge in [-0.15, -0.1) is 0 Å². The molecule has 0 radical (unpaired) electrons. The summed E-state index contributed by atoms with van der Waals surface area (Å²) in [4.78, 5) is 26.9. The van der Waals surface area contributed by atoms with Gasteiger partial charge < -0.3 is 10.2 Å². The molecule has 1 heterocycles. The molecule has 1 N–H and O–H groups in total. The van der Waals surface area contributed by atoms with Gasteiger partial charge >= 0.3 is 0 Å². The average Bonchev–Trinajstić information content (AvgIpc) is 2.94. The van der Waals surface area contributed by atoms with Crippen molar-refractivity contribution < 1.29 is 9.59 Å². The Kier molecular flexibility index (Phi) is 5.50. The molecule has 0 saturated carbocycles. The van der Waals surface area contributed by atoms with Crippen LogP contribution in [0.25, 0.3) is 0 Å². The Balaban J connectivity index is 2.06. The van der Waals surface area contributed by atoms with E-state index >= 15 is 0 Å². The predicted molar refractivity (Wildman–Crippen MR) is 94.9 cm³/mol. The van der Waals surface area contributed by atoms with Gasteiger partial charge in [-0.1, -0.05) is 48.8 Å². The molecule has 0 spiro atoms. The number of carbonyl (C=O) groups is 2. The van der Waals surface area contributed by atoms with Gasteiger partial charge in [0, 0.05) is 16.4 Å². The normalized spacial score (nSPS) is 19.5. The highest BCUT2D eigenvalue weighted by Gasteiger charge is 2.38. The Hall–Kier alpha value is -1.36. The van der Waals surface area contributed by atoms with E-state index in [0.717, 1.165) is 22.9 Å². The lowest BCUT2D eigenvalue weighted by Crippen LogP contribution is -2.49. The first kappa shape index (κ1) is 18.0. The van der Waals surface area contributed by atoms with Crippen molar-refractivity contribution in [2.75, 3.05) is 6.54 Å². The number of nitrogens with one attached hydrogen (secondary N) is 1. The van der Waals surface area contributed by atoms with Crippen molar-refractivity contribution in [1.29, 1.82) is 0 Å². The standard InChI is InChI=1S/C18H25BrN2O2/c1-12(13-7-5-8-14(19)11-13)20-16(22)15-9-6-10-21(15)17(23)18(2,3)4/h5,7-8,11-12,15H,6,9-10H2,1-4H3,(H,20,22)/t12-,15+/m0/s1. The van der Waals surface area contributed by atoms with Crippen LogP contribution in [0.3, 0.4) is 0 Å². The van der Waals surface area contributed by atoms with Crippen LogP contribution in [0.2, 0.25) is 0 Å². The third kappa shape index (κ3) is 4.34. The Bertz CT molecular complexity index is 595. The number of carbonyl (C=O) groups excluding carboxylic acids is 2. The SMILES string of the molecule is C[C@H](NC(=O)[C@H]1CCCN1C(=O)C(C)(C)C)c1cccc(Br)c1. The summed E-state index contributed by atoms with van der Waals surface area (Å²) in [6.45, 7) is 8.32. The molecule has 2 atom stereocenters. The van der Waals surface area contributed by atoms with Gasteiger partial charge in [0.1, 0.15) is 6.04 Å². The summed E-state index contributed by atoms with van der Waals surface area (Å²) in [6, 6.07) is 7.45. The van der Waals surface area contributed by atoms with Gasteiger partial charge in [-0.25, -0.2) is 0 Å². The molecule has 0 aliphatic carbocycles. The highest BCUT2D eigenvalue weighted by molar-refractivity contribution is 9.10. The quantitative estimate of drug-likeness (QED) is 0.869. The van der Waals surface area contributed by atoms with Crippen molar-refractivity contribution >= 4 is 27.7 Å². The maximum absolute atomic E-state index is 12.6. The molecule has 1 aromatic rings. The summed E-state index contributed by atoms with van der Waals surface area (Å²) >= 11 is 3.45. The molecule has 2 amide bonds. The topological polar surface area (TPSA) is 49.4 Å². The molecule has 0 unspecified atom stereocenters. The van der Waals surface area contributed by atoms with Gasteiger partial charge in [0.25, 0.3) is 0 Å². The number of hydrogen-bond acceptors (Lipinski definition) is 2. The van der Waals surface area contributed by atoms with Gasteiger partial charge in [0.2, 0.25) is 11.8 Å². The average molecular weight is 381 g/mol. The second kappa shape index (κ2) is 7.04. The van der Waals surface area contributed by atoms with Crippen LogP contribution in [0.1, 0.15) is 52.1 Å². The van der Waals surface area contributed by atoms with Crippen molar-refractivity contribution in [2.45, 2.75) is 52.6 Å². The third-order valence-corrected chi connectivity index (χ3v) is 4.66. The van der Waals surface area contributed by atoms with Gasteiger partial charge in [-0.05, 0) is 37.5 Å². The zero-order chi connectivity index (χ0) is 17.2. The molecule has 1 aliphatic rings. The van der Waals surface area contributed by atoms with E-state index in [-0.39, 0.29) is 23.9 Å². The fourth-order valence-corrected chi connectivity index (χ4v) is 3.30. The van der Waals surface area contributed by atoms with E-state index in [2.05, 4.69) is 21.2 Å². The van der Waals surface area contributed by atoms with Gasteiger partial charge in [-0.2, -0.15) is 0 Å².